The third-order valence-corrected chi connectivity index (χ3v) is 2.44. The molecule has 0 bridgehead atoms. The largest absolute Gasteiger partial charge is 0.322 e. The second-order valence-electron chi connectivity index (χ2n) is 3.88. The van der Waals surface area contributed by atoms with Gasteiger partial charge in [0.1, 0.15) is 5.82 Å². The molecule has 1 aromatic carbocycles. The van der Waals surface area contributed by atoms with Gasteiger partial charge in [0.25, 0.3) is 0 Å². The van der Waals surface area contributed by atoms with Crippen LogP contribution >= 0.6 is 11.6 Å². The van der Waals surface area contributed by atoms with Crippen molar-refractivity contribution in [2.45, 2.75) is 19.9 Å². The van der Waals surface area contributed by atoms with Gasteiger partial charge < -0.3 is 11.1 Å². The summed E-state index contributed by atoms with van der Waals surface area (Å²) in [6.45, 7) is 3.64. The third kappa shape index (κ3) is 3.18. The number of benzene rings is 1. The SMILES string of the molecule is CC(C)[C@H](N)C(=O)Nc1cc(Cl)ccc1F. The summed E-state index contributed by atoms with van der Waals surface area (Å²) in [5, 5.41) is 2.77. The second kappa shape index (κ2) is 5.27. The van der Waals surface area contributed by atoms with Gasteiger partial charge in [-0.1, -0.05) is 25.4 Å². The van der Waals surface area contributed by atoms with Crippen molar-refractivity contribution in [2.24, 2.45) is 11.7 Å². The molecule has 0 fully saturated rings. The molecule has 0 aliphatic carbocycles. The maximum absolute atomic E-state index is 13.3. The molecule has 16 heavy (non-hydrogen) atoms. The van der Waals surface area contributed by atoms with Gasteiger partial charge >= 0.3 is 0 Å². The van der Waals surface area contributed by atoms with Gasteiger partial charge in [-0.2, -0.15) is 0 Å². The molecule has 1 atom stereocenters. The van der Waals surface area contributed by atoms with Crippen molar-refractivity contribution in [3.8, 4) is 0 Å². The third-order valence-electron chi connectivity index (χ3n) is 2.21. The molecular weight excluding hydrogens is 231 g/mol. The molecule has 88 valence electrons. The quantitative estimate of drug-likeness (QED) is 0.858. The van der Waals surface area contributed by atoms with Crippen LogP contribution in [-0.2, 0) is 4.79 Å². The van der Waals surface area contributed by atoms with Crippen molar-refractivity contribution < 1.29 is 9.18 Å². The fourth-order valence-corrected chi connectivity index (χ4v) is 1.28. The first-order valence-corrected chi connectivity index (χ1v) is 5.31. The van der Waals surface area contributed by atoms with Gasteiger partial charge in [-0.05, 0) is 24.1 Å². The van der Waals surface area contributed by atoms with E-state index >= 15 is 0 Å². The number of hydrogen-bond acceptors (Lipinski definition) is 2. The zero-order valence-electron chi connectivity index (χ0n) is 9.13. The molecule has 0 radical (unpaired) electrons. The van der Waals surface area contributed by atoms with Crippen LogP contribution in [-0.4, -0.2) is 11.9 Å². The Morgan fingerprint density at radius 3 is 2.69 bits per heavy atom. The molecule has 5 heteroatoms. The Morgan fingerprint density at radius 2 is 2.12 bits per heavy atom. The number of amides is 1. The van der Waals surface area contributed by atoms with Crippen LogP contribution < -0.4 is 11.1 Å². The summed E-state index contributed by atoms with van der Waals surface area (Å²) in [7, 11) is 0. The van der Waals surface area contributed by atoms with Crippen molar-refractivity contribution in [1.29, 1.82) is 0 Å². The minimum absolute atomic E-state index is 0.0118. The first kappa shape index (κ1) is 12.9. The number of nitrogens with one attached hydrogen (secondary N) is 1. The Hall–Kier alpha value is -1.13. The van der Waals surface area contributed by atoms with Crippen LogP contribution in [0.1, 0.15) is 13.8 Å². The van der Waals surface area contributed by atoms with E-state index in [2.05, 4.69) is 5.32 Å². The van der Waals surface area contributed by atoms with Crippen LogP contribution in [0.2, 0.25) is 5.02 Å². The minimum atomic E-state index is -0.668. The Labute approximate surface area is 98.8 Å². The number of carbonyl (C=O) groups excluding carboxylic acids is 1. The molecule has 1 amide bonds. The molecule has 0 aliphatic rings. The molecular formula is C11H14ClFN2O. The van der Waals surface area contributed by atoms with Gasteiger partial charge in [0.15, 0.2) is 0 Å². The van der Waals surface area contributed by atoms with E-state index in [1.54, 1.807) is 0 Å². The molecule has 3 nitrogen and oxygen atoms in total. The van der Waals surface area contributed by atoms with E-state index < -0.39 is 17.8 Å². The van der Waals surface area contributed by atoms with Crippen molar-refractivity contribution in [1.82, 2.24) is 0 Å². The summed E-state index contributed by atoms with van der Waals surface area (Å²) < 4.78 is 13.3. The number of halogens is 2. The highest BCUT2D eigenvalue weighted by molar-refractivity contribution is 6.30. The number of rotatable bonds is 3. The van der Waals surface area contributed by atoms with Crippen molar-refractivity contribution in [3.63, 3.8) is 0 Å². The molecule has 0 aliphatic heterocycles. The number of hydrogen-bond donors (Lipinski definition) is 2. The van der Waals surface area contributed by atoms with Gasteiger partial charge in [-0.15, -0.1) is 0 Å². The van der Waals surface area contributed by atoms with E-state index in [1.165, 1.54) is 18.2 Å². The monoisotopic (exact) mass is 244 g/mol. The Morgan fingerprint density at radius 1 is 1.50 bits per heavy atom. The summed E-state index contributed by atoms with van der Waals surface area (Å²) in [5.41, 5.74) is 5.68. The average molecular weight is 245 g/mol. The summed E-state index contributed by atoms with van der Waals surface area (Å²) in [5.74, 6) is -0.966. The van der Waals surface area contributed by atoms with Crippen LogP contribution in [0, 0.1) is 11.7 Å². The Kier molecular flexibility index (Phi) is 4.26. The lowest BCUT2D eigenvalue weighted by molar-refractivity contribution is -0.118. The molecule has 0 spiro atoms. The van der Waals surface area contributed by atoms with E-state index in [0.717, 1.165) is 0 Å². The normalized spacial score (nSPS) is 12.6. The van der Waals surface area contributed by atoms with Crippen molar-refractivity contribution in [2.75, 3.05) is 5.32 Å². The standard InChI is InChI=1S/C11H14ClFN2O/c1-6(2)10(14)11(16)15-9-5-7(12)3-4-8(9)13/h3-6,10H,14H2,1-2H3,(H,15,16)/t10-/m0/s1. The predicted octanol–water partition coefficient (Wildman–Crippen LogP) is 2.40. The lowest BCUT2D eigenvalue weighted by Crippen LogP contribution is -2.39. The van der Waals surface area contributed by atoms with Gasteiger partial charge in [0, 0.05) is 5.02 Å². The van der Waals surface area contributed by atoms with E-state index in [0.29, 0.717) is 5.02 Å². The van der Waals surface area contributed by atoms with E-state index in [-0.39, 0.29) is 11.6 Å². The van der Waals surface area contributed by atoms with Crippen LogP contribution in [0.5, 0.6) is 0 Å². The van der Waals surface area contributed by atoms with Gasteiger partial charge in [-0.25, -0.2) is 4.39 Å². The first-order chi connectivity index (χ1) is 7.41. The fourth-order valence-electron chi connectivity index (χ4n) is 1.11. The predicted molar refractivity (Wildman–Crippen MR) is 62.9 cm³/mol. The molecule has 0 heterocycles. The molecule has 0 saturated heterocycles. The van der Waals surface area contributed by atoms with Crippen molar-refractivity contribution in [3.05, 3.63) is 29.0 Å². The van der Waals surface area contributed by atoms with Gasteiger partial charge in [-0.3, -0.25) is 4.79 Å². The molecule has 1 rings (SSSR count). The summed E-state index contributed by atoms with van der Waals surface area (Å²) >= 11 is 5.69. The van der Waals surface area contributed by atoms with Crippen LogP contribution in [0.3, 0.4) is 0 Å². The number of nitrogens with two attached hydrogens (primary N) is 1. The van der Waals surface area contributed by atoms with E-state index in [1.807, 2.05) is 13.8 Å². The summed E-state index contributed by atoms with van der Waals surface area (Å²) in [4.78, 5) is 11.6. The molecule has 0 unspecified atom stereocenters. The molecule has 0 aromatic heterocycles. The lowest BCUT2D eigenvalue weighted by atomic mass is 10.0. The molecule has 3 N–H and O–H groups in total. The Balaban J connectivity index is 2.80. The van der Waals surface area contributed by atoms with Crippen LogP contribution in [0.25, 0.3) is 0 Å². The Bertz CT molecular complexity index is 396. The number of anilines is 1. The minimum Gasteiger partial charge on any atom is -0.322 e. The van der Waals surface area contributed by atoms with Crippen LogP contribution in [0.15, 0.2) is 18.2 Å². The maximum atomic E-state index is 13.3. The number of carbonyl (C=O) groups is 1. The molecule has 1 aromatic rings. The highest BCUT2D eigenvalue weighted by Crippen LogP contribution is 2.19. The van der Waals surface area contributed by atoms with E-state index in [4.69, 9.17) is 17.3 Å². The zero-order valence-corrected chi connectivity index (χ0v) is 9.88. The molecule has 0 saturated carbocycles. The first-order valence-electron chi connectivity index (χ1n) is 4.93. The highest BCUT2D eigenvalue weighted by atomic mass is 35.5. The second-order valence-corrected chi connectivity index (χ2v) is 4.32. The van der Waals surface area contributed by atoms with Crippen LogP contribution in [0.4, 0.5) is 10.1 Å². The van der Waals surface area contributed by atoms with Crippen molar-refractivity contribution >= 4 is 23.2 Å². The average Bonchev–Trinajstić information content (AvgIpc) is 2.22. The zero-order chi connectivity index (χ0) is 12.3. The van der Waals surface area contributed by atoms with E-state index in [9.17, 15) is 9.18 Å². The van der Waals surface area contributed by atoms with Gasteiger partial charge in [0.05, 0.1) is 11.7 Å². The highest BCUT2D eigenvalue weighted by Gasteiger charge is 2.18. The maximum Gasteiger partial charge on any atom is 0.241 e. The lowest BCUT2D eigenvalue weighted by Gasteiger charge is -2.15. The summed E-state index contributed by atoms with van der Waals surface area (Å²) in [6.07, 6.45) is 0. The summed E-state index contributed by atoms with van der Waals surface area (Å²) in [6, 6.07) is 3.29. The smallest absolute Gasteiger partial charge is 0.241 e. The topological polar surface area (TPSA) is 55.1 Å². The van der Waals surface area contributed by atoms with Gasteiger partial charge in [0.2, 0.25) is 5.91 Å². The fraction of sp³-hybridized carbons (Fsp3) is 0.364.